The van der Waals surface area contributed by atoms with Crippen LogP contribution in [0.15, 0.2) is 12.5 Å². The molecule has 2 aromatic heterocycles. The Labute approximate surface area is 113 Å². The molecule has 1 saturated heterocycles. The van der Waals surface area contributed by atoms with Gasteiger partial charge in [-0.1, -0.05) is 0 Å². The van der Waals surface area contributed by atoms with Gasteiger partial charge in [0, 0.05) is 6.42 Å². The molecule has 0 radical (unpaired) electrons. The molecule has 0 aromatic carbocycles. The number of aromatic nitrogens is 4. The largest absolute Gasteiger partial charge is 0.367 e. The van der Waals surface area contributed by atoms with Gasteiger partial charge in [0.1, 0.15) is 30.1 Å². The molecule has 3 rings (SSSR count). The maximum absolute atomic E-state index is 10.8. The van der Waals surface area contributed by atoms with Crippen molar-refractivity contribution >= 4 is 18.8 Å². The second-order valence-electron chi connectivity index (χ2n) is 4.52. The quantitative estimate of drug-likeness (QED) is 0.689. The Bertz CT molecular complexity index is 623. The number of ether oxygens (including phenoxy) is 2. The van der Waals surface area contributed by atoms with E-state index in [0.717, 1.165) is 0 Å². The van der Waals surface area contributed by atoms with Gasteiger partial charge in [-0.2, -0.15) is 0 Å². The molecule has 2 atom stereocenters. The van der Waals surface area contributed by atoms with Crippen molar-refractivity contribution < 1.29 is 23.8 Å². The van der Waals surface area contributed by atoms with Gasteiger partial charge in [-0.25, -0.2) is 15.0 Å². The number of hydrogen-bond acceptors (Lipinski definition) is 6. The molecule has 2 aromatic rings. The molecular weight excluding hydrogens is 287 g/mol. The highest BCUT2D eigenvalue weighted by atomic mass is 31.2. The highest BCUT2D eigenvalue weighted by Gasteiger charge is 2.31. The zero-order chi connectivity index (χ0) is 14.2. The predicted octanol–water partition coefficient (Wildman–Crippen LogP) is 0.335. The van der Waals surface area contributed by atoms with Crippen LogP contribution in [0.4, 0.5) is 0 Å². The Morgan fingerprint density at radius 2 is 2.40 bits per heavy atom. The molecule has 3 N–H and O–H groups in total. The zero-order valence-electron chi connectivity index (χ0n) is 10.3. The Balaban J connectivity index is 1.66. The van der Waals surface area contributed by atoms with Gasteiger partial charge in [0.15, 0.2) is 5.65 Å². The summed E-state index contributed by atoms with van der Waals surface area (Å²) >= 11 is 0. The average molecular weight is 300 g/mol. The highest BCUT2D eigenvalue weighted by molar-refractivity contribution is 7.51. The molecule has 10 heteroatoms. The van der Waals surface area contributed by atoms with Crippen LogP contribution in [0.5, 0.6) is 0 Å². The van der Waals surface area contributed by atoms with Gasteiger partial charge >= 0.3 is 7.60 Å². The van der Waals surface area contributed by atoms with E-state index in [1.807, 2.05) is 0 Å². The number of fused-ring (bicyclic) bond motifs is 1. The van der Waals surface area contributed by atoms with Gasteiger partial charge in [0.2, 0.25) is 0 Å². The molecule has 1 aliphatic rings. The van der Waals surface area contributed by atoms with Crippen LogP contribution in [-0.2, 0) is 14.0 Å². The number of nitrogens with one attached hydrogen (secondary N) is 1. The van der Waals surface area contributed by atoms with Crippen molar-refractivity contribution in [3.8, 4) is 0 Å². The summed E-state index contributed by atoms with van der Waals surface area (Å²) in [6.45, 7) is 0.271. The molecule has 2 unspecified atom stereocenters. The monoisotopic (exact) mass is 300 g/mol. The zero-order valence-corrected chi connectivity index (χ0v) is 11.2. The van der Waals surface area contributed by atoms with Crippen molar-refractivity contribution in [1.82, 2.24) is 19.9 Å². The molecule has 1 aliphatic heterocycles. The number of H-pyrrole nitrogens is 1. The van der Waals surface area contributed by atoms with Crippen molar-refractivity contribution in [2.24, 2.45) is 0 Å². The van der Waals surface area contributed by atoms with Crippen LogP contribution >= 0.6 is 7.60 Å². The summed E-state index contributed by atoms with van der Waals surface area (Å²) in [4.78, 5) is 32.8. The molecule has 0 saturated carbocycles. The van der Waals surface area contributed by atoms with E-state index in [9.17, 15) is 4.57 Å². The third kappa shape index (κ3) is 3.02. The predicted molar refractivity (Wildman–Crippen MR) is 66.8 cm³/mol. The van der Waals surface area contributed by atoms with E-state index < -0.39 is 13.9 Å². The average Bonchev–Trinajstić information content (AvgIpc) is 3.01. The van der Waals surface area contributed by atoms with E-state index in [1.54, 1.807) is 6.20 Å². The lowest BCUT2D eigenvalue weighted by Crippen LogP contribution is -2.13. The van der Waals surface area contributed by atoms with E-state index in [4.69, 9.17) is 19.3 Å². The molecule has 0 aliphatic carbocycles. The normalized spacial score (nSPS) is 23.5. The first-order valence-electron chi connectivity index (χ1n) is 5.95. The van der Waals surface area contributed by atoms with Crippen molar-refractivity contribution in [2.45, 2.75) is 18.6 Å². The molecule has 0 amide bonds. The molecule has 20 heavy (non-hydrogen) atoms. The molecule has 3 heterocycles. The summed E-state index contributed by atoms with van der Waals surface area (Å²) in [5, 5.41) is 0. The SMILES string of the molecule is O=P(O)(O)COC1COC(c2nc3cncnc3[nH]2)C1. The Hall–Kier alpha value is -1.38. The third-order valence-corrected chi connectivity index (χ3v) is 3.41. The fourth-order valence-corrected chi connectivity index (χ4v) is 2.44. The van der Waals surface area contributed by atoms with Gasteiger partial charge in [-0.3, -0.25) is 4.57 Å². The maximum atomic E-state index is 10.8. The van der Waals surface area contributed by atoms with Gasteiger partial charge in [-0.15, -0.1) is 0 Å². The van der Waals surface area contributed by atoms with E-state index in [-0.39, 0.29) is 18.8 Å². The molecule has 1 fully saturated rings. The van der Waals surface area contributed by atoms with Crippen LogP contribution in [-0.4, -0.2) is 48.8 Å². The van der Waals surface area contributed by atoms with Crippen molar-refractivity contribution in [2.75, 3.05) is 13.0 Å². The second-order valence-corrected chi connectivity index (χ2v) is 6.11. The van der Waals surface area contributed by atoms with Crippen molar-refractivity contribution in [3.63, 3.8) is 0 Å². The van der Waals surface area contributed by atoms with E-state index in [1.165, 1.54) is 6.33 Å². The standard InChI is InChI=1S/C10H13N4O5P/c15-20(16,17)5-19-6-1-8(18-3-6)10-13-7-2-11-4-12-9(7)14-10/h2,4,6,8H,1,3,5H2,(H2,15,16,17)(H,11,12,13,14). The van der Waals surface area contributed by atoms with Crippen LogP contribution < -0.4 is 0 Å². The molecular formula is C10H13N4O5P. The topological polar surface area (TPSA) is 130 Å². The van der Waals surface area contributed by atoms with Gasteiger partial charge < -0.3 is 24.2 Å². The van der Waals surface area contributed by atoms with Crippen LogP contribution in [0.1, 0.15) is 18.3 Å². The molecule has 9 nitrogen and oxygen atoms in total. The first-order valence-corrected chi connectivity index (χ1v) is 7.74. The lowest BCUT2D eigenvalue weighted by Gasteiger charge is -2.10. The number of aromatic amines is 1. The third-order valence-electron chi connectivity index (χ3n) is 2.92. The Morgan fingerprint density at radius 1 is 1.55 bits per heavy atom. The minimum absolute atomic E-state index is 0.271. The van der Waals surface area contributed by atoms with Crippen LogP contribution in [0.3, 0.4) is 0 Å². The van der Waals surface area contributed by atoms with Crippen molar-refractivity contribution in [3.05, 3.63) is 18.3 Å². The molecule has 0 spiro atoms. The van der Waals surface area contributed by atoms with E-state index in [0.29, 0.717) is 23.4 Å². The van der Waals surface area contributed by atoms with Gasteiger partial charge in [-0.05, 0) is 0 Å². The van der Waals surface area contributed by atoms with Gasteiger partial charge in [0.05, 0.1) is 18.9 Å². The smallest absolute Gasteiger partial charge is 0.350 e. The first-order chi connectivity index (χ1) is 9.51. The fraction of sp³-hybridized carbons (Fsp3) is 0.500. The first kappa shape index (κ1) is 13.6. The van der Waals surface area contributed by atoms with E-state index in [2.05, 4.69) is 19.9 Å². The van der Waals surface area contributed by atoms with Crippen molar-refractivity contribution in [1.29, 1.82) is 0 Å². The maximum Gasteiger partial charge on any atom is 0.350 e. The number of hydrogen-bond donors (Lipinski definition) is 3. The Morgan fingerprint density at radius 3 is 3.15 bits per heavy atom. The molecule has 108 valence electrons. The minimum Gasteiger partial charge on any atom is -0.367 e. The summed E-state index contributed by atoms with van der Waals surface area (Å²) in [6.07, 6.45) is 2.25. The van der Waals surface area contributed by atoms with Crippen LogP contribution in [0, 0.1) is 0 Å². The minimum atomic E-state index is -4.15. The summed E-state index contributed by atoms with van der Waals surface area (Å²) in [5.74, 6) is 0.614. The number of nitrogens with zero attached hydrogens (tertiary/aromatic N) is 3. The number of imidazole rings is 1. The summed E-state index contributed by atoms with van der Waals surface area (Å²) in [7, 11) is -4.15. The summed E-state index contributed by atoms with van der Waals surface area (Å²) in [6, 6.07) is 0. The summed E-state index contributed by atoms with van der Waals surface area (Å²) in [5.41, 5.74) is 1.27. The second kappa shape index (κ2) is 5.19. The molecule has 0 bridgehead atoms. The summed E-state index contributed by atoms with van der Waals surface area (Å²) < 4.78 is 21.4. The lowest BCUT2D eigenvalue weighted by atomic mass is 10.2. The lowest BCUT2D eigenvalue weighted by molar-refractivity contribution is 0.0512. The van der Waals surface area contributed by atoms with Crippen LogP contribution in [0.25, 0.3) is 11.2 Å². The number of rotatable bonds is 4. The Kier molecular flexibility index (Phi) is 3.53. The fourth-order valence-electron chi connectivity index (χ4n) is 2.04. The van der Waals surface area contributed by atoms with E-state index >= 15 is 0 Å². The highest BCUT2D eigenvalue weighted by Crippen LogP contribution is 2.37. The van der Waals surface area contributed by atoms with Gasteiger partial charge in [0.25, 0.3) is 0 Å². The van der Waals surface area contributed by atoms with Crippen LogP contribution in [0.2, 0.25) is 0 Å².